The van der Waals surface area contributed by atoms with Crippen LogP contribution in [0.4, 0.5) is 18.9 Å². The first-order valence-electron chi connectivity index (χ1n) is 5.73. The number of nitrogens with zero attached hydrogens (tertiary/aromatic N) is 1. The van der Waals surface area contributed by atoms with E-state index in [2.05, 4.69) is 9.73 Å². The molecule has 104 valence electrons. The van der Waals surface area contributed by atoms with E-state index in [-0.39, 0.29) is 12.3 Å². The Morgan fingerprint density at radius 3 is 2.37 bits per heavy atom. The lowest BCUT2D eigenvalue weighted by molar-refractivity contribution is -0.146. The number of carbonyl (C=O) groups excluding carboxylic acids is 1. The molecule has 0 aliphatic rings. The maximum absolute atomic E-state index is 12.9. The molecule has 0 saturated carbocycles. The molecule has 1 aromatic rings. The van der Waals surface area contributed by atoms with Crippen LogP contribution < -0.4 is 0 Å². The highest BCUT2D eigenvalue weighted by Crippen LogP contribution is 2.26. The molecule has 1 atom stereocenters. The second-order valence-electron chi connectivity index (χ2n) is 3.80. The normalized spacial score (nSPS) is 14.1. The molecular weight excluding hydrogens is 259 g/mol. The van der Waals surface area contributed by atoms with Gasteiger partial charge in [-0.05, 0) is 26.0 Å². The summed E-state index contributed by atoms with van der Waals surface area (Å²) in [6.07, 6.45) is -4.68. The number of ether oxygens (including phenoxy) is 1. The third-order valence-corrected chi connectivity index (χ3v) is 2.35. The quantitative estimate of drug-likeness (QED) is 0.622. The summed E-state index contributed by atoms with van der Waals surface area (Å²) in [5, 5.41) is 0. The standard InChI is InChI=1S/C13H14F3NO2/c1-3-19-12(18)9(2)11(13(14,15)16)17-10-7-5-4-6-8-10/h4-9H,3H2,1-2H3/t9-/m1/s1. The van der Waals surface area contributed by atoms with E-state index in [1.54, 1.807) is 18.2 Å². The van der Waals surface area contributed by atoms with E-state index < -0.39 is 23.8 Å². The van der Waals surface area contributed by atoms with E-state index in [0.717, 1.165) is 6.92 Å². The number of benzene rings is 1. The van der Waals surface area contributed by atoms with Crippen molar-refractivity contribution in [3.8, 4) is 0 Å². The van der Waals surface area contributed by atoms with Gasteiger partial charge in [0.2, 0.25) is 0 Å². The van der Waals surface area contributed by atoms with Gasteiger partial charge >= 0.3 is 12.1 Å². The molecule has 0 spiro atoms. The SMILES string of the molecule is CCOC(=O)[C@H](C)C(=Nc1ccccc1)C(F)(F)F. The molecule has 3 nitrogen and oxygen atoms in total. The van der Waals surface area contributed by atoms with E-state index in [0.29, 0.717) is 0 Å². The highest BCUT2D eigenvalue weighted by Gasteiger charge is 2.42. The average molecular weight is 273 g/mol. The second-order valence-corrected chi connectivity index (χ2v) is 3.80. The molecule has 0 aliphatic heterocycles. The lowest BCUT2D eigenvalue weighted by atomic mass is 10.1. The first-order valence-corrected chi connectivity index (χ1v) is 5.73. The second kappa shape index (κ2) is 6.36. The number of esters is 1. The molecule has 1 aromatic carbocycles. The van der Waals surface area contributed by atoms with Crippen molar-refractivity contribution in [3.05, 3.63) is 30.3 Å². The lowest BCUT2D eigenvalue weighted by Gasteiger charge is -2.16. The van der Waals surface area contributed by atoms with Crippen molar-refractivity contribution in [3.63, 3.8) is 0 Å². The summed E-state index contributed by atoms with van der Waals surface area (Å²) in [5.74, 6) is -2.39. The van der Waals surface area contributed by atoms with E-state index in [1.165, 1.54) is 19.1 Å². The monoisotopic (exact) mass is 273 g/mol. The molecule has 0 bridgehead atoms. The van der Waals surface area contributed by atoms with Crippen LogP contribution in [0.2, 0.25) is 0 Å². The van der Waals surface area contributed by atoms with E-state index in [9.17, 15) is 18.0 Å². The van der Waals surface area contributed by atoms with Crippen LogP contribution in [0.25, 0.3) is 0 Å². The Morgan fingerprint density at radius 1 is 1.32 bits per heavy atom. The highest BCUT2D eigenvalue weighted by molar-refractivity contribution is 6.05. The number of hydrogen-bond acceptors (Lipinski definition) is 3. The molecule has 0 heterocycles. The van der Waals surface area contributed by atoms with Crippen LogP contribution in [0.3, 0.4) is 0 Å². The summed E-state index contributed by atoms with van der Waals surface area (Å²) in [6, 6.07) is 7.68. The van der Waals surface area contributed by atoms with Crippen LogP contribution in [0.5, 0.6) is 0 Å². The van der Waals surface area contributed by atoms with Gasteiger partial charge in [-0.25, -0.2) is 4.99 Å². The van der Waals surface area contributed by atoms with Gasteiger partial charge in [-0.3, -0.25) is 4.79 Å². The van der Waals surface area contributed by atoms with Crippen LogP contribution >= 0.6 is 0 Å². The summed E-state index contributed by atoms with van der Waals surface area (Å²) < 4.78 is 43.4. The van der Waals surface area contributed by atoms with Crippen LogP contribution in [0, 0.1) is 5.92 Å². The minimum absolute atomic E-state index is 0.0274. The van der Waals surface area contributed by atoms with Gasteiger partial charge in [0.15, 0.2) is 0 Å². The smallest absolute Gasteiger partial charge is 0.430 e. The van der Waals surface area contributed by atoms with E-state index in [4.69, 9.17) is 0 Å². The number of para-hydroxylation sites is 1. The summed E-state index contributed by atoms with van der Waals surface area (Å²) >= 11 is 0. The zero-order valence-electron chi connectivity index (χ0n) is 10.6. The van der Waals surface area contributed by atoms with Crippen molar-refractivity contribution in [1.82, 2.24) is 0 Å². The zero-order valence-corrected chi connectivity index (χ0v) is 10.6. The minimum Gasteiger partial charge on any atom is -0.465 e. The number of hydrogen-bond donors (Lipinski definition) is 0. The summed E-state index contributed by atoms with van der Waals surface area (Å²) in [7, 11) is 0. The van der Waals surface area contributed by atoms with Gasteiger partial charge in [-0.2, -0.15) is 13.2 Å². The Balaban J connectivity index is 3.10. The summed E-state index contributed by atoms with van der Waals surface area (Å²) in [6.45, 7) is 2.69. The molecule has 0 unspecified atom stereocenters. The number of carbonyl (C=O) groups is 1. The fourth-order valence-corrected chi connectivity index (χ4v) is 1.43. The largest absolute Gasteiger partial charge is 0.465 e. The molecule has 0 saturated heterocycles. The maximum Gasteiger partial charge on any atom is 0.430 e. The number of halogens is 3. The number of rotatable bonds is 4. The van der Waals surface area contributed by atoms with Crippen LogP contribution in [-0.2, 0) is 9.53 Å². The van der Waals surface area contributed by atoms with Gasteiger partial charge < -0.3 is 4.74 Å². The molecule has 0 aliphatic carbocycles. The Hall–Kier alpha value is -1.85. The molecule has 0 fully saturated rings. The molecule has 0 radical (unpaired) electrons. The highest BCUT2D eigenvalue weighted by atomic mass is 19.4. The lowest BCUT2D eigenvalue weighted by Crippen LogP contribution is -2.34. The molecule has 0 amide bonds. The third-order valence-electron chi connectivity index (χ3n) is 2.35. The molecule has 0 N–H and O–H groups in total. The fourth-order valence-electron chi connectivity index (χ4n) is 1.43. The third kappa shape index (κ3) is 4.39. The summed E-state index contributed by atoms with van der Waals surface area (Å²) in [4.78, 5) is 14.9. The molecule has 6 heteroatoms. The minimum atomic E-state index is -4.68. The number of alkyl halides is 3. The Bertz CT molecular complexity index is 455. The van der Waals surface area contributed by atoms with Gasteiger partial charge in [-0.15, -0.1) is 0 Å². The van der Waals surface area contributed by atoms with Crippen molar-refractivity contribution in [2.75, 3.05) is 6.61 Å². The molecule has 19 heavy (non-hydrogen) atoms. The fraction of sp³-hybridized carbons (Fsp3) is 0.385. The van der Waals surface area contributed by atoms with Gasteiger partial charge in [0.25, 0.3) is 0 Å². The first-order chi connectivity index (χ1) is 8.86. The Kier molecular flexibility index (Phi) is 5.09. The zero-order chi connectivity index (χ0) is 14.5. The maximum atomic E-state index is 12.9. The van der Waals surface area contributed by atoms with Crippen LogP contribution in [0.1, 0.15) is 13.8 Å². The predicted molar refractivity (Wildman–Crippen MR) is 65.4 cm³/mol. The number of aliphatic imine (C=N–C) groups is 1. The van der Waals surface area contributed by atoms with Crippen molar-refractivity contribution in [1.29, 1.82) is 0 Å². The van der Waals surface area contributed by atoms with Gasteiger partial charge in [0, 0.05) is 0 Å². The van der Waals surface area contributed by atoms with Crippen molar-refractivity contribution in [2.45, 2.75) is 20.0 Å². The van der Waals surface area contributed by atoms with Crippen molar-refractivity contribution in [2.24, 2.45) is 10.9 Å². The predicted octanol–water partition coefficient (Wildman–Crippen LogP) is 3.52. The molecule has 0 aromatic heterocycles. The van der Waals surface area contributed by atoms with Crippen LogP contribution in [-0.4, -0.2) is 24.5 Å². The Labute approximate surface area is 109 Å². The van der Waals surface area contributed by atoms with Crippen LogP contribution in [0.15, 0.2) is 35.3 Å². The molecule has 1 rings (SSSR count). The van der Waals surface area contributed by atoms with Gasteiger partial charge in [0.1, 0.15) is 11.6 Å². The van der Waals surface area contributed by atoms with Crippen molar-refractivity contribution >= 4 is 17.4 Å². The van der Waals surface area contributed by atoms with Crippen molar-refractivity contribution < 1.29 is 22.7 Å². The topological polar surface area (TPSA) is 38.7 Å². The Morgan fingerprint density at radius 2 is 1.89 bits per heavy atom. The van der Waals surface area contributed by atoms with E-state index >= 15 is 0 Å². The van der Waals surface area contributed by atoms with Gasteiger partial charge in [-0.1, -0.05) is 18.2 Å². The molecular formula is C13H14F3NO2. The first kappa shape index (κ1) is 15.2. The van der Waals surface area contributed by atoms with E-state index in [1.807, 2.05) is 0 Å². The van der Waals surface area contributed by atoms with Gasteiger partial charge in [0.05, 0.1) is 12.3 Å². The average Bonchev–Trinajstić information content (AvgIpc) is 2.35. The summed E-state index contributed by atoms with van der Waals surface area (Å²) in [5.41, 5.74) is -1.01.